The molecule has 2 amide bonds. The van der Waals surface area contributed by atoms with Gasteiger partial charge >= 0.3 is 0 Å². The highest BCUT2D eigenvalue weighted by Crippen LogP contribution is 2.18. The third-order valence-corrected chi connectivity index (χ3v) is 4.44. The van der Waals surface area contributed by atoms with Gasteiger partial charge in [0, 0.05) is 13.5 Å². The minimum absolute atomic E-state index is 0.0484. The van der Waals surface area contributed by atoms with Gasteiger partial charge in [0.25, 0.3) is 5.56 Å². The zero-order valence-corrected chi connectivity index (χ0v) is 15.4. The van der Waals surface area contributed by atoms with E-state index in [9.17, 15) is 14.4 Å². The molecule has 0 radical (unpaired) electrons. The average molecular weight is 362 g/mol. The summed E-state index contributed by atoms with van der Waals surface area (Å²) in [6.45, 7) is 6.03. The van der Waals surface area contributed by atoms with Gasteiger partial charge in [-0.1, -0.05) is 37.7 Å². The van der Waals surface area contributed by atoms with Crippen LogP contribution in [-0.2, 0) is 16.1 Å². The molecule has 1 aromatic carbocycles. The van der Waals surface area contributed by atoms with E-state index in [-0.39, 0.29) is 23.1 Å². The van der Waals surface area contributed by atoms with Gasteiger partial charge in [-0.3, -0.25) is 29.8 Å². The predicted molar refractivity (Wildman–Crippen MR) is 98.1 cm³/mol. The summed E-state index contributed by atoms with van der Waals surface area (Å²) in [5.74, 6) is -0.222. The summed E-state index contributed by atoms with van der Waals surface area (Å²) in [5, 5.41) is 1.07. The number of hydrogen-bond acceptors (Lipinski definition) is 5. The molecule has 0 unspecified atom stereocenters. The molecule has 0 aliphatic carbocycles. The number of hydrazine groups is 1. The minimum atomic E-state index is -0.363. The van der Waals surface area contributed by atoms with Gasteiger partial charge in [-0.25, -0.2) is 4.98 Å². The lowest BCUT2D eigenvalue weighted by Gasteiger charge is -2.14. The van der Waals surface area contributed by atoms with E-state index in [4.69, 9.17) is 0 Å². The van der Waals surface area contributed by atoms with Crippen molar-refractivity contribution in [2.24, 2.45) is 5.92 Å². The van der Waals surface area contributed by atoms with Crippen molar-refractivity contribution in [3.63, 3.8) is 0 Å². The zero-order valence-electron chi connectivity index (χ0n) is 14.5. The van der Waals surface area contributed by atoms with E-state index in [1.54, 1.807) is 16.7 Å². The normalized spacial score (nSPS) is 10.9. The lowest BCUT2D eigenvalue weighted by atomic mass is 10.1. The van der Waals surface area contributed by atoms with Crippen molar-refractivity contribution in [3.05, 3.63) is 34.6 Å². The molecule has 25 heavy (non-hydrogen) atoms. The molecule has 1 heterocycles. The Morgan fingerprint density at radius 2 is 1.96 bits per heavy atom. The van der Waals surface area contributed by atoms with Crippen LogP contribution in [0.2, 0.25) is 0 Å². The number of para-hydroxylation sites is 1. The van der Waals surface area contributed by atoms with Crippen LogP contribution in [-0.4, -0.2) is 27.1 Å². The van der Waals surface area contributed by atoms with Crippen molar-refractivity contribution in [1.29, 1.82) is 0 Å². The van der Waals surface area contributed by atoms with Crippen molar-refractivity contribution in [2.45, 2.75) is 38.9 Å². The summed E-state index contributed by atoms with van der Waals surface area (Å²) < 4.78 is 1.62. The SMILES string of the molecule is CC(=O)NNC(=O)CSc1nc2ccccc2c(=O)n1CCC(C)C. The van der Waals surface area contributed by atoms with Crippen LogP contribution in [0.3, 0.4) is 0 Å². The second-order valence-corrected chi connectivity index (χ2v) is 7.01. The molecule has 0 bridgehead atoms. The molecule has 134 valence electrons. The second-order valence-electron chi connectivity index (χ2n) is 6.07. The maximum Gasteiger partial charge on any atom is 0.262 e. The summed E-state index contributed by atoms with van der Waals surface area (Å²) >= 11 is 1.18. The van der Waals surface area contributed by atoms with Crippen LogP contribution in [0.4, 0.5) is 0 Å². The topological polar surface area (TPSA) is 93.1 Å². The summed E-state index contributed by atoms with van der Waals surface area (Å²) in [6.07, 6.45) is 0.839. The summed E-state index contributed by atoms with van der Waals surface area (Å²) in [4.78, 5) is 39.9. The first-order valence-electron chi connectivity index (χ1n) is 8.06. The fourth-order valence-electron chi connectivity index (χ4n) is 2.17. The van der Waals surface area contributed by atoms with Crippen molar-refractivity contribution < 1.29 is 9.59 Å². The lowest BCUT2D eigenvalue weighted by molar-refractivity contribution is -0.126. The van der Waals surface area contributed by atoms with E-state index in [0.717, 1.165) is 6.42 Å². The molecule has 0 atom stereocenters. The number of aromatic nitrogens is 2. The first-order chi connectivity index (χ1) is 11.9. The highest BCUT2D eigenvalue weighted by Gasteiger charge is 2.13. The van der Waals surface area contributed by atoms with Gasteiger partial charge in [0.05, 0.1) is 16.7 Å². The van der Waals surface area contributed by atoms with Crippen LogP contribution in [0.15, 0.2) is 34.2 Å². The summed E-state index contributed by atoms with van der Waals surface area (Å²) in [7, 11) is 0. The Labute approximate surface area is 150 Å². The molecule has 0 saturated heterocycles. The smallest absolute Gasteiger partial charge is 0.262 e. The van der Waals surface area contributed by atoms with Gasteiger partial charge in [0.2, 0.25) is 11.8 Å². The number of fused-ring (bicyclic) bond motifs is 1. The first kappa shape index (κ1) is 19.0. The summed E-state index contributed by atoms with van der Waals surface area (Å²) in [5.41, 5.74) is 5.04. The number of amides is 2. The Bertz CT molecular complexity index is 832. The Kier molecular flexibility index (Phi) is 6.58. The predicted octanol–water partition coefficient (Wildman–Crippen LogP) is 1.70. The fraction of sp³-hybridized carbons (Fsp3) is 0.412. The summed E-state index contributed by atoms with van der Waals surface area (Å²) in [6, 6.07) is 7.18. The van der Waals surface area contributed by atoms with Gasteiger partial charge in [0.1, 0.15) is 0 Å². The Balaban J connectivity index is 2.26. The van der Waals surface area contributed by atoms with E-state index < -0.39 is 0 Å². The molecule has 2 rings (SSSR count). The zero-order chi connectivity index (χ0) is 18.4. The number of benzene rings is 1. The second kappa shape index (κ2) is 8.66. The van der Waals surface area contributed by atoms with Crippen LogP contribution in [0, 0.1) is 5.92 Å². The largest absolute Gasteiger partial charge is 0.287 e. The molecule has 8 heteroatoms. The standard InChI is InChI=1S/C17H22N4O3S/c1-11(2)8-9-21-16(24)13-6-4-5-7-14(13)18-17(21)25-10-15(23)20-19-12(3)22/h4-7,11H,8-10H2,1-3H3,(H,19,22)(H,20,23). The van der Waals surface area contributed by atoms with Crippen molar-refractivity contribution in [2.75, 3.05) is 5.75 Å². The van der Waals surface area contributed by atoms with Crippen LogP contribution < -0.4 is 16.4 Å². The Morgan fingerprint density at radius 1 is 1.24 bits per heavy atom. The van der Waals surface area contributed by atoms with Crippen LogP contribution in [0.5, 0.6) is 0 Å². The van der Waals surface area contributed by atoms with Gasteiger partial charge in [-0.2, -0.15) is 0 Å². The van der Waals surface area contributed by atoms with Gasteiger partial charge < -0.3 is 0 Å². The van der Waals surface area contributed by atoms with Crippen molar-refractivity contribution >= 4 is 34.5 Å². The minimum Gasteiger partial charge on any atom is -0.287 e. The van der Waals surface area contributed by atoms with E-state index >= 15 is 0 Å². The fourth-order valence-corrected chi connectivity index (χ4v) is 2.99. The molecular formula is C17H22N4O3S. The van der Waals surface area contributed by atoms with Crippen molar-refractivity contribution in [3.8, 4) is 0 Å². The molecule has 1 aromatic heterocycles. The van der Waals surface area contributed by atoms with Gasteiger partial charge in [0.15, 0.2) is 5.16 Å². The van der Waals surface area contributed by atoms with Gasteiger partial charge in [-0.15, -0.1) is 0 Å². The van der Waals surface area contributed by atoms with E-state index in [0.29, 0.717) is 28.5 Å². The monoisotopic (exact) mass is 362 g/mol. The van der Waals surface area contributed by atoms with Gasteiger partial charge in [-0.05, 0) is 24.5 Å². The number of carbonyl (C=O) groups excluding carboxylic acids is 2. The Morgan fingerprint density at radius 3 is 2.64 bits per heavy atom. The van der Waals surface area contributed by atoms with Crippen LogP contribution >= 0.6 is 11.8 Å². The Hall–Kier alpha value is -2.35. The van der Waals surface area contributed by atoms with Crippen molar-refractivity contribution in [1.82, 2.24) is 20.4 Å². The molecule has 0 aliphatic rings. The lowest BCUT2D eigenvalue weighted by Crippen LogP contribution is -2.41. The van der Waals surface area contributed by atoms with Crippen LogP contribution in [0.25, 0.3) is 10.9 Å². The number of nitrogens with zero attached hydrogens (tertiary/aromatic N) is 2. The molecular weight excluding hydrogens is 340 g/mol. The number of thioether (sulfide) groups is 1. The highest BCUT2D eigenvalue weighted by molar-refractivity contribution is 7.99. The molecule has 0 saturated carbocycles. The van der Waals surface area contributed by atoms with Crippen LogP contribution in [0.1, 0.15) is 27.2 Å². The average Bonchev–Trinajstić information content (AvgIpc) is 2.57. The molecule has 0 aliphatic heterocycles. The molecule has 2 N–H and O–H groups in total. The third kappa shape index (κ3) is 5.32. The number of hydrogen-bond donors (Lipinski definition) is 2. The quantitative estimate of drug-likeness (QED) is 0.463. The first-order valence-corrected chi connectivity index (χ1v) is 9.05. The van der Waals surface area contributed by atoms with E-state index in [1.807, 2.05) is 12.1 Å². The third-order valence-electron chi connectivity index (χ3n) is 3.47. The van der Waals surface area contributed by atoms with E-state index in [1.165, 1.54) is 18.7 Å². The number of nitrogens with one attached hydrogen (secondary N) is 2. The molecule has 2 aromatic rings. The maximum atomic E-state index is 12.8. The molecule has 0 fully saturated rings. The van der Waals surface area contributed by atoms with E-state index in [2.05, 4.69) is 29.7 Å². The molecule has 7 nitrogen and oxygen atoms in total. The highest BCUT2D eigenvalue weighted by atomic mass is 32.2. The number of carbonyl (C=O) groups is 2. The molecule has 0 spiro atoms. The maximum absolute atomic E-state index is 12.8. The number of rotatable bonds is 6.